The molecule has 0 saturated heterocycles. The van der Waals surface area contributed by atoms with Crippen molar-refractivity contribution in [3.05, 3.63) is 0 Å². The van der Waals surface area contributed by atoms with Crippen LogP contribution >= 0.6 is 44.1 Å². The van der Waals surface area contributed by atoms with Crippen molar-refractivity contribution in [1.82, 2.24) is 0 Å². The number of rotatable bonds is 5. The van der Waals surface area contributed by atoms with Crippen LogP contribution in [-0.4, -0.2) is 38.9 Å². The fourth-order valence-electron chi connectivity index (χ4n) is 0.0755. The molecular weight excluding hydrogens is 825 g/mol. The van der Waals surface area contributed by atoms with Crippen molar-refractivity contribution in [1.29, 1.82) is 0 Å². The summed E-state index contributed by atoms with van der Waals surface area (Å²) in [5, 5.41) is 24.6. The maximum atomic E-state index is 10.4. The van der Waals surface area contributed by atoms with Crippen molar-refractivity contribution in [2.24, 2.45) is 0 Å². The molecule has 204 valence electrons. The van der Waals surface area contributed by atoms with E-state index in [1.807, 2.05) is 0 Å². The summed E-state index contributed by atoms with van der Waals surface area (Å²) in [6.45, 7) is 1.05. The predicted molar refractivity (Wildman–Crippen MR) is 87.6 cm³/mol. The molecule has 32 heteroatoms. The summed E-state index contributed by atoms with van der Waals surface area (Å²) in [5.41, 5.74) is 0. The third kappa shape index (κ3) is 203. The van der Waals surface area contributed by atoms with Crippen molar-refractivity contribution in [2.75, 3.05) is 6.66 Å². The van der Waals surface area contributed by atoms with Gasteiger partial charge in [0, 0.05) is 18.9 Å². The van der Waals surface area contributed by atoms with Gasteiger partial charge in [0.25, 0.3) is 8.15 Å². The zero-order valence-electron chi connectivity index (χ0n) is 19.1. The first kappa shape index (κ1) is 105. The Bertz CT molecular complexity index is 464. The molecule has 8 N–H and O–H groups in total. The summed E-state index contributed by atoms with van der Waals surface area (Å²) in [6.07, 6.45) is 0. The van der Waals surface area contributed by atoms with Crippen molar-refractivity contribution in [2.45, 2.75) is 14.9 Å². The van der Waals surface area contributed by atoms with Gasteiger partial charge in [-0.3, -0.25) is 9.13 Å². The van der Waals surface area contributed by atoms with Gasteiger partial charge in [-0.1, -0.05) is 19.9 Å². The van der Waals surface area contributed by atoms with Crippen LogP contribution in [0.15, 0.2) is 0 Å². The Morgan fingerprint density at radius 3 is 1.06 bits per heavy atom. The molecule has 3 atom stereocenters. The topological polar surface area (TPSA) is 373 Å². The van der Waals surface area contributed by atoms with Crippen LogP contribution in [-0.2, 0) is 95.1 Å². The van der Waals surface area contributed by atoms with Gasteiger partial charge in [-0.2, -0.15) is 0 Å². The quantitative estimate of drug-likeness (QED) is 0.100. The van der Waals surface area contributed by atoms with E-state index in [-0.39, 0.29) is 180 Å². The van der Waals surface area contributed by atoms with Crippen LogP contribution < -0.4 is 140 Å². The van der Waals surface area contributed by atoms with Gasteiger partial charge in [0.15, 0.2) is 0 Å². The fraction of sp³-hybridized carbons (Fsp3) is 1.00. The third-order valence-electron chi connectivity index (χ3n) is 0.453. The van der Waals surface area contributed by atoms with Gasteiger partial charge >= 0.3 is 200 Å². The molecule has 0 spiro atoms. The van der Waals surface area contributed by atoms with Crippen LogP contribution in [0.25, 0.3) is 0 Å². The van der Waals surface area contributed by atoms with Gasteiger partial charge < -0.3 is 41.5 Å². The maximum absolute atomic E-state index is 10.4. The van der Waals surface area contributed by atoms with Crippen LogP contribution in [0.3, 0.4) is 0 Å². The molecule has 0 amide bonds. The van der Waals surface area contributed by atoms with Gasteiger partial charge in [-0.05, 0) is 9.13 Å². The van der Waals surface area contributed by atoms with Gasteiger partial charge in [0.1, 0.15) is 0 Å². The Balaban J connectivity index is -0.00000000604. The van der Waals surface area contributed by atoms with E-state index in [1.165, 1.54) is 0 Å². The molecule has 0 aliphatic rings. The third-order valence-corrected chi connectivity index (χ3v) is 2.45. The monoisotopic (exact) mass is 848 g/mol. The van der Waals surface area contributed by atoms with E-state index in [4.69, 9.17) is 45.9 Å². The van der Waals surface area contributed by atoms with E-state index in [2.05, 4.69) is 19.1 Å². The Hall–Kier alpha value is 5.60. The molecule has 0 radical (unpaired) electrons. The summed E-state index contributed by atoms with van der Waals surface area (Å²) in [5.74, 6) is 0. The van der Waals surface area contributed by atoms with E-state index in [9.17, 15) is 9.13 Å². The Labute approximate surface area is 333 Å². The molecule has 0 aliphatic heterocycles. The second-order valence-corrected chi connectivity index (χ2v) is 8.44. The minimum atomic E-state index is -3.23. The Morgan fingerprint density at radius 2 is 1.03 bits per heavy atom. The predicted octanol–water partition coefficient (Wildman–Crippen LogP) is -14.4. The van der Waals surface area contributed by atoms with Crippen LogP contribution in [0.1, 0.15) is 20.6 Å². The molecule has 0 aliphatic carbocycles. The first-order chi connectivity index (χ1) is 11.0. The summed E-state index contributed by atoms with van der Waals surface area (Å²) in [7, 11) is -9.99. The molecule has 0 fully saturated rings. The van der Waals surface area contributed by atoms with E-state index in [0.29, 0.717) is 0 Å². The first-order valence-electron chi connectivity index (χ1n) is 3.82. The van der Waals surface area contributed by atoms with E-state index < -0.39 is 78.2 Å². The van der Waals surface area contributed by atoms with Gasteiger partial charge in [-0.25, -0.2) is 15.8 Å². The van der Waals surface area contributed by atoms with Crippen LogP contribution in [0, 0.1) is 0 Å². The van der Waals surface area contributed by atoms with Gasteiger partial charge in [0.2, 0.25) is 0 Å². The summed E-state index contributed by atoms with van der Waals surface area (Å²) < 4.78 is 81.2. The molecule has 35 heavy (non-hydrogen) atoms. The van der Waals surface area contributed by atoms with Crippen LogP contribution in [0.2, 0.25) is 0 Å². The number of hydrogen-bond acceptors (Lipinski definition) is 18. The molecule has 0 aromatic carbocycles. The fourth-order valence-corrected chi connectivity index (χ4v) is 0.397. The van der Waals surface area contributed by atoms with Crippen molar-refractivity contribution >= 4 is 44.1 Å². The van der Waals surface area contributed by atoms with E-state index in [1.54, 1.807) is 0 Å². The van der Waals surface area contributed by atoms with Crippen molar-refractivity contribution < 1.29 is 273 Å². The molecule has 0 bridgehead atoms. The normalized spacial score (nSPS) is 7.83. The molecule has 0 heterocycles. The molecule has 0 aromatic rings. The zero-order valence-corrected chi connectivity index (χ0v) is 35.1. The SMILES string of the molecule is C.C.CP(=O)(OOO)P=O.Cl.O.O.O=[P+]([O-])OO.O=[P+]([O-])OO.[Cl-].[H-].[H-].[HH].[HH].[Na+].[Na+].[Na+].[Na+].[OH-].[O]=[Zr]=[O].[O]=[Zr]=[O]. The summed E-state index contributed by atoms with van der Waals surface area (Å²) in [6, 6.07) is 0. The first-order valence-corrected chi connectivity index (χ1v) is 13.6. The Kier molecular flexibility index (Phi) is 293. The molecule has 20 nitrogen and oxygen atoms in total. The van der Waals surface area contributed by atoms with Crippen LogP contribution in [0.4, 0.5) is 0 Å². The van der Waals surface area contributed by atoms with Crippen LogP contribution in [0.5, 0.6) is 0 Å². The second kappa shape index (κ2) is 97.5. The summed E-state index contributed by atoms with van der Waals surface area (Å²) >= 11 is -4.54. The minimum absolute atomic E-state index is 0. The number of halogens is 2. The van der Waals surface area contributed by atoms with Gasteiger partial charge in [-0.15, -0.1) is 17.1 Å². The van der Waals surface area contributed by atoms with E-state index in [0.717, 1.165) is 6.66 Å². The second-order valence-electron chi connectivity index (χ2n) is 1.81. The summed E-state index contributed by atoms with van der Waals surface area (Å²) in [4.78, 5) is 17.9. The molecule has 0 aromatic heterocycles. The zero-order chi connectivity index (χ0) is 20.6. The number of hydrogen-bond donors (Lipinski definition) is 3. The molecule has 3 unspecified atom stereocenters. The molecule has 0 saturated carbocycles. The van der Waals surface area contributed by atoms with Crippen molar-refractivity contribution in [3.63, 3.8) is 0 Å². The van der Waals surface area contributed by atoms with Gasteiger partial charge in [0.05, 0.1) is 0 Å². The Morgan fingerprint density at radius 1 is 0.886 bits per heavy atom. The van der Waals surface area contributed by atoms with Crippen molar-refractivity contribution in [3.8, 4) is 0 Å². The molecule has 0 rings (SSSR count). The molecular formula is C3H26Cl2Na4O20P4Zr2. The van der Waals surface area contributed by atoms with E-state index >= 15 is 0 Å². The average Bonchev–Trinajstić information content (AvgIpc) is 2.50. The standard InChI is InChI=1S/CH4O5P2.2CH4.2ClH.4Na.2HO4P.3H2O.4O.2Zr.2H2.2H/c1-8(4,7-3)6-5-2;;;;;;;;;2*1-4-5(2)3;;;;;;;;;;;;;/h2H,1H3;2*1H4;2*1H;;;;;2*1H;3*1H2;;;;;;;2*1H;;/q;;;;;4*+1;;;;;;;;;;;;;;2*-1/p-2. The average molecular weight is 851 g/mol.